The predicted octanol–water partition coefficient (Wildman–Crippen LogP) is 0.630. The summed E-state index contributed by atoms with van der Waals surface area (Å²) in [6, 6.07) is 26.1. The monoisotopic (exact) mass is 840 g/mol. The molecule has 62 heavy (non-hydrogen) atoms. The van der Waals surface area contributed by atoms with E-state index in [4.69, 9.17) is 5.73 Å². The molecule has 16 heteroatoms. The van der Waals surface area contributed by atoms with Gasteiger partial charge in [0.2, 0.25) is 35.4 Å². The molecule has 320 valence electrons. The van der Waals surface area contributed by atoms with Gasteiger partial charge in [0.05, 0.1) is 11.8 Å². The highest BCUT2D eigenvalue weighted by Crippen LogP contribution is 2.35. The fourth-order valence-electron chi connectivity index (χ4n) is 7.96. The molecule has 0 spiro atoms. The highest BCUT2D eigenvalue weighted by atomic mass is 16.4. The minimum Gasteiger partial charge on any atom is -0.423 e. The van der Waals surface area contributed by atoms with Crippen molar-refractivity contribution in [1.29, 1.82) is 0 Å². The molecule has 6 amide bonds. The van der Waals surface area contributed by atoms with E-state index in [9.17, 15) is 43.6 Å². The Balaban J connectivity index is 1.34. The Morgan fingerprint density at radius 3 is 2.26 bits per heavy atom. The van der Waals surface area contributed by atoms with E-state index in [0.717, 1.165) is 23.3 Å². The number of benzene rings is 4. The Bertz CT molecular complexity index is 2340. The van der Waals surface area contributed by atoms with Crippen LogP contribution in [0.2, 0.25) is 0 Å². The van der Waals surface area contributed by atoms with Gasteiger partial charge in [0.15, 0.2) is 0 Å². The van der Waals surface area contributed by atoms with Gasteiger partial charge in [-0.3, -0.25) is 33.6 Å². The van der Waals surface area contributed by atoms with Crippen LogP contribution in [0.5, 0.6) is 0 Å². The molecule has 2 heterocycles. The van der Waals surface area contributed by atoms with Gasteiger partial charge in [-0.15, -0.1) is 0 Å². The van der Waals surface area contributed by atoms with E-state index in [1.807, 2.05) is 30.3 Å². The van der Waals surface area contributed by atoms with Crippen molar-refractivity contribution in [3.8, 4) is 11.1 Å². The number of hydrogen-bond donors (Lipinski definition) is 7. The Labute approximate surface area is 359 Å². The van der Waals surface area contributed by atoms with Crippen molar-refractivity contribution < 1.29 is 43.6 Å². The van der Waals surface area contributed by atoms with E-state index in [0.29, 0.717) is 47.9 Å². The molecular formula is C46H49BN6O9. The number of nitrogens with one attached hydrogen (secondary N) is 4. The molecule has 0 aromatic heterocycles. The van der Waals surface area contributed by atoms with E-state index in [-0.39, 0.29) is 56.3 Å². The van der Waals surface area contributed by atoms with Gasteiger partial charge >= 0.3 is 7.12 Å². The van der Waals surface area contributed by atoms with Crippen molar-refractivity contribution >= 4 is 54.3 Å². The topological polar surface area (TPSA) is 237 Å². The third-order valence-electron chi connectivity index (χ3n) is 11.3. The molecule has 0 unspecified atom stereocenters. The first-order valence-corrected chi connectivity index (χ1v) is 20.4. The van der Waals surface area contributed by atoms with Crippen LogP contribution in [0.1, 0.15) is 51.9 Å². The Hall–Kier alpha value is -6.91. The molecule has 3 atom stereocenters. The Morgan fingerprint density at radius 2 is 1.55 bits per heavy atom. The molecule has 15 nitrogen and oxygen atoms in total. The zero-order valence-corrected chi connectivity index (χ0v) is 34.0. The van der Waals surface area contributed by atoms with Gasteiger partial charge in [0.25, 0.3) is 0 Å². The number of carbonyl (C=O) groups excluding carboxylic acids is 7. The lowest BCUT2D eigenvalue weighted by Crippen LogP contribution is -2.58. The maximum Gasteiger partial charge on any atom is 0.489 e. The van der Waals surface area contributed by atoms with Crippen LogP contribution in [-0.4, -0.2) is 95.5 Å². The molecule has 4 aromatic carbocycles. The van der Waals surface area contributed by atoms with Gasteiger partial charge < -0.3 is 41.9 Å². The number of amides is 6. The highest BCUT2D eigenvalue weighted by Gasteiger charge is 2.44. The van der Waals surface area contributed by atoms with Crippen LogP contribution in [0.4, 0.5) is 0 Å². The van der Waals surface area contributed by atoms with Gasteiger partial charge in [-0.25, -0.2) is 0 Å². The number of aldehydes is 1. The van der Waals surface area contributed by atoms with Gasteiger partial charge in [0, 0.05) is 50.3 Å². The molecule has 2 aliphatic rings. The van der Waals surface area contributed by atoms with Crippen molar-refractivity contribution in [1.82, 2.24) is 26.2 Å². The molecule has 6 rings (SSSR count). The van der Waals surface area contributed by atoms with Crippen LogP contribution < -0.4 is 32.5 Å². The summed E-state index contributed by atoms with van der Waals surface area (Å²) >= 11 is 0. The Morgan fingerprint density at radius 1 is 0.839 bits per heavy atom. The highest BCUT2D eigenvalue weighted by molar-refractivity contribution is 6.60. The molecule has 1 fully saturated rings. The van der Waals surface area contributed by atoms with Crippen molar-refractivity contribution in [3.63, 3.8) is 0 Å². The standard InChI is InChI=1S/C46H49BN6O9/c48-43(58)38-19-21-49-40(55)17-18-42(57)53-22-6-20-46(29-53,26-31-7-2-1-3-8-31)45(60)52-39(44(59)50-27-35-10-5-4-9-33(35)25-41(56)51-38)23-30-11-13-32(14-12-30)34-15-16-37(47(61)62)36(24-34)28-54/h1-5,7-18,24,28,38-39,61-62H,6,19-23,25-27,29H2,(H2,48,58)(H,49,55)(H,50,59)(H,51,56)(H,52,60)/b18-17+/t38-,39-,46-/m0/s1. The van der Waals surface area contributed by atoms with Crippen LogP contribution in [0.15, 0.2) is 109 Å². The SMILES string of the molecule is NC(=O)[C@@H]1CCNC(=O)/C=C/C(=O)N2CCC[C@](Cc3ccccc3)(C2)C(=O)N[C@@H](Cc2ccc(-c3ccc(B(O)O)c(C=O)c3)cc2)C(=O)NCc2ccccc2CC(=O)N1. The van der Waals surface area contributed by atoms with Gasteiger partial charge in [-0.05, 0) is 70.6 Å². The number of carbonyl (C=O) groups is 7. The second-order valence-electron chi connectivity index (χ2n) is 15.7. The van der Waals surface area contributed by atoms with E-state index in [2.05, 4.69) is 21.3 Å². The summed E-state index contributed by atoms with van der Waals surface area (Å²) in [5.41, 5.74) is 8.75. The number of fused-ring (bicyclic) bond motifs is 3. The first-order valence-electron chi connectivity index (χ1n) is 20.4. The van der Waals surface area contributed by atoms with E-state index >= 15 is 0 Å². The van der Waals surface area contributed by atoms with Crippen molar-refractivity contribution in [2.45, 2.75) is 57.2 Å². The second kappa shape index (κ2) is 20.6. The molecule has 8 N–H and O–H groups in total. The fourth-order valence-corrected chi connectivity index (χ4v) is 7.96. The molecule has 2 bridgehead atoms. The van der Waals surface area contributed by atoms with Gasteiger partial charge in [-0.2, -0.15) is 0 Å². The van der Waals surface area contributed by atoms with E-state index < -0.39 is 60.1 Å². The third-order valence-corrected chi connectivity index (χ3v) is 11.3. The van der Waals surface area contributed by atoms with Crippen molar-refractivity contribution in [2.75, 3.05) is 19.6 Å². The number of piperidine rings is 1. The summed E-state index contributed by atoms with van der Waals surface area (Å²) in [5, 5.41) is 30.6. The van der Waals surface area contributed by atoms with Gasteiger partial charge in [0.1, 0.15) is 18.4 Å². The minimum absolute atomic E-state index is 0.000243. The molecule has 1 saturated heterocycles. The first kappa shape index (κ1) is 44.6. The minimum atomic E-state index is -1.81. The average molecular weight is 841 g/mol. The molecular weight excluding hydrogens is 791 g/mol. The maximum absolute atomic E-state index is 14.8. The first-order chi connectivity index (χ1) is 29.8. The summed E-state index contributed by atoms with van der Waals surface area (Å²) in [5.74, 6) is -3.29. The zero-order valence-electron chi connectivity index (χ0n) is 34.0. The van der Waals surface area contributed by atoms with Crippen LogP contribution in [-0.2, 0) is 54.6 Å². The van der Waals surface area contributed by atoms with Gasteiger partial charge in [-0.1, -0.05) is 91.0 Å². The second-order valence-corrected chi connectivity index (χ2v) is 15.7. The Kier molecular flexibility index (Phi) is 14.8. The van der Waals surface area contributed by atoms with E-state index in [1.165, 1.54) is 11.0 Å². The molecule has 0 saturated carbocycles. The number of primary amides is 1. The van der Waals surface area contributed by atoms with Crippen LogP contribution in [0, 0.1) is 5.41 Å². The summed E-state index contributed by atoms with van der Waals surface area (Å²) in [6.45, 7) is 0.336. The summed E-state index contributed by atoms with van der Waals surface area (Å²) in [4.78, 5) is 94.2. The lowest BCUT2D eigenvalue weighted by molar-refractivity contribution is -0.141. The molecule has 2 aliphatic heterocycles. The lowest BCUT2D eigenvalue weighted by Gasteiger charge is -2.42. The number of hydrogen-bond acceptors (Lipinski definition) is 9. The zero-order chi connectivity index (χ0) is 44.2. The van der Waals surface area contributed by atoms with Crippen LogP contribution in [0.3, 0.4) is 0 Å². The number of nitrogens with zero attached hydrogens (tertiary/aromatic N) is 1. The molecule has 0 radical (unpaired) electrons. The quantitative estimate of drug-likeness (QED) is 0.0972. The number of rotatable bonds is 8. The van der Waals surface area contributed by atoms with E-state index in [1.54, 1.807) is 60.7 Å². The average Bonchev–Trinajstić information content (AvgIpc) is 3.27. The van der Waals surface area contributed by atoms with Crippen molar-refractivity contribution in [2.24, 2.45) is 11.1 Å². The van der Waals surface area contributed by atoms with Crippen LogP contribution in [0.25, 0.3) is 11.1 Å². The predicted molar refractivity (Wildman–Crippen MR) is 231 cm³/mol. The summed E-state index contributed by atoms with van der Waals surface area (Å²) < 4.78 is 0. The van der Waals surface area contributed by atoms with Crippen molar-refractivity contribution in [3.05, 3.63) is 137 Å². The lowest BCUT2D eigenvalue weighted by atomic mass is 9.74. The third kappa shape index (κ3) is 11.5. The fraction of sp³-hybridized carbons (Fsp3) is 0.283. The normalized spacial score (nSPS) is 21.1. The number of nitrogens with two attached hydrogens (primary N) is 1. The molecule has 0 aliphatic carbocycles. The maximum atomic E-state index is 14.8. The largest absolute Gasteiger partial charge is 0.489 e. The van der Waals surface area contributed by atoms with Crippen LogP contribution >= 0.6 is 0 Å². The molecule has 4 aromatic rings. The summed E-state index contributed by atoms with van der Waals surface area (Å²) in [7, 11) is -1.81. The summed E-state index contributed by atoms with van der Waals surface area (Å²) in [6.07, 6.45) is 3.84. The smallest absolute Gasteiger partial charge is 0.423 e.